The summed E-state index contributed by atoms with van der Waals surface area (Å²) < 4.78 is 0. The number of aliphatic carboxylic acids is 1. The molecule has 0 aromatic carbocycles. The summed E-state index contributed by atoms with van der Waals surface area (Å²) in [6.07, 6.45) is 5.66. The van der Waals surface area contributed by atoms with Crippen LogP contribution in [-0.2, 0) is 9.59 Å². The number of carbonyl (C=O) groups is 2. The van der Waals surface area contributed by atoms with Crippen LogP contribution in [0.2, 0.25) is 0 Å². The molecular formula is C9H13NaO3. The van der Waals surface area contributed by atoms with E-state index < -0.39 is 11.8 Å². The van der Waals surface area contributed by atoms with Crippen molar-refractivity contribution in [2.45, 2.75) is 38.5 Å². The first-order valence-corrected chi connectivity index (χ1v) is 4.44. The van der Waals surface area contributed by atoms with Gasteiger partial charge in [-0.1, -0.05) is 32.1 Å². The first kappa shape index (κ1) is 13.1. The molecule has 1 saturated carbocycles. The molecule has 0 bridgehead atoms. The molecule has 1 rings (SSSR count). The average Bonchev–Trinajstić information content (AvgIpc) is 2.06. The first-order chi connectivity index (χ1) is 5.70. The number of hydrogen-bond acceptors (Lipinski definition) is 3. The molecule has 0 N–H and O–H groups in total. The second-order valence-corrected chi connectivity index (χ2v) is 3.42. The van der Waals surface area contributed by atoms with Gasteiger partial charge in [-0.25, -0.2) is 0 Å². The molecule has 68 valence electrons. The maximum Gasteiger partial charge on any atom is 1.00 e. The fourth-order valence-corrected chi connectivity index (χ4v) is 1.74. The molecule has 0 heterocycles. The van der Waals surface area contributed by atoms with Gasteiger partial charge in [0, 0.05) is 6.42 Å². The number of carboxylic acid groups (broad SMARTS) is 1. The van der Waals surface area contributed by atoms with Gasteiger partial charge in [0.1, 0.15) is 5.97 Å². The molecule has 1 aliphatic rings. The van der Waals surface area contributed by atoms with Gasteiger partial charge in [-0.15, -0.1) is 0 Å². The van der Waals surface area contributed by atoms with Crippen LogP contribution in [0.5, 0.6) is 0 Å². The van der Waals surface area contributed by atoms with Gasteiger partial charge in [0.25, 0.3) is 0 Å². The van der Waals surface area contributed by atoms with Crippen molar-refractivity contribution < 1.29 is 44.3 Å². The Morgan fingerprint density at radius 3 is 2.15 bits per heavy atom. The van der Waals surface area contributed by atoms with E-state index in [0.717, 1.165) is 25.7 Å². The van der Waals surface area contributed by atoms with Gasteiger partial charge in [0.15, 0.2) is 5.78 Å². The maximum atomic E-state index is 10.7. The molecule has 13 heavy (non-hydrogen) atoms. The summed E-state index contributed by atoms with van der Waals surface area (Å²) in [7, 11) is 0. The predicted molar refractivity (Wildman–Crippen MR) is 41.2 cm³/mol. The smallest absolute Gasteiger partial charge is 0.542 e. The van der Waals surface area contributed by atoms with Crippen molar-refractivity contribution >= 4 is 11.8 Å². The minimum Gasteiger partial charge on any atom is -0.542 e. The first-order valence-electron chi connectivity index (χ1n) is 4.44. The van der Waals surface area contributed by atoms with Gasteiger partial charge in [-0.05, 0) is 5.92 Å². The third-order valence-corrected chi connectivity index (χ3v) is 2.43. The Morgan fingerprint density at radius 2 is 1.69 bits per heavy atom. The van der Waals surface area contributed by atoms with Gasteiger partial charge in [-0.3, -0.25) is 4.79 Å². The second kappa shape index (κ2) is 6.57. The average molecular weight is 192 g/mol. The van der Waals surface area contributed by atoms with Crippen molar-refractivity contribution in [1.29, 1.82) is 0 Å². The van der Waals surface area contributed by atoms with Crippen molar-refractivity contribution in [3.05, 3.63) is 0 Å². The minimum atomic E-state index is -1.53. The van der Waals surface area contributed by atoms with Gasteiger partial charge >= 0.3 is 29.6 Å². The Bertz CT molecular complexity index is 185. The monoisotopic (exact) mass is 192 g/mol. The van der Waals surface area contributed by atoms with Crippen LogP contribution in [0.15, 0.2) is 0 Å². The molecule has 0 aromatic rings. The van der Waals surface area contributed by atoms with Crippen molar-refractivity contribution in [1.82, 2.24) is 0 Å². The van der Waals surface area contributed by atoms with E-state index in [4.69, 9.17) is 0 Å². The third kappa shape index (κ3) is 4.79. The Hall–Kier alpha value is 0.140. The number of Topliss-reactive ketones (excluding diaryl/α,β-unsaturated/α-hetero) is 1. The number of ketones is 1. The number of rotatable bonds is 3. The van der Waals surface area contributed by atoms with Crippen LogP contribution in [0.3, 0.4) is 0 Å². The van der Waals surface area contributed by atoms with Gasteiger partial charge < -0.3 is 9.90 Å². The molecule has 0 radical (unpaired) electrons. The molecule has 0 spiro atoms. The molecule has 1 fully saturated rings. The number of carboxylic acids is 1. The Kier molecular flexibility index (Phi) is 6.64. The van der Waals surface area contributed by atoms with Crippen LogP contribution in [0.1, 0.15) is 38.5 Å². The molecule has 1 aliphatic carbocycles. The van der Waals surface area contributed by atoms with E-state index >= 15 is 0 Å². The normalized spacial score (nSPS) is 17.5. The van der Waals surface area contributed by atoms with Crippen LogP contribution in [0.4, 0.5) is 0 Å². The van der Waals surface area contributed by atoms with E-state index in [1.54, 1.807) is 0 Å². The molecule has 0 atom stereocenters. The van der Waals surface area contributed by atoms with E-state index in [0.29, 0.717) is 5.92 Å². The molecule has 0 unspecified atom stereocenters. The van der Waals surface area contributed by atoms with Crippen molar-refractivity contribution in [2.24, 2.45) is 5.92 Å². The molecule has 0 aromatic heterocycles. The summed E-state index contributed by atoms with van der Waals surface area (Å²) in [5, 5.41) is 10.1. The van der Waals surface area contributed by atoms with Crippen LogP contribution in [-0.4, -0.2) is 11.8 Å². The summed E-state index contributed by atoms with van der Waals surface area (Å²) in [5.74, 6) is -1.97. The summed E-state index contributed by atoms with van der Waals surface area (Å²) >= 11 is 0. The Balaban J connectivity index is 0.00000144. The zero-order chi connectivity index (χ0) is 8.97. The number of carbonyl (C=O) groups excluding carboxylic acids is 2. The van der Waals surface area contributed by atoms with E-state index in [1.807, 2.05) is 0 Å². The predicted octanol–water partition coefficient (Wildman–Crippen LogP) is -2.72. The van der Waals surface area contributed by atoms with E-state index in [1.165, 1.54) is 6.42 Å². The van der Waals surface area contributed by atoms with Crippen LogP contribution in [0.25, 0.3) is 0 Å². The summed E-state index contributed by atoms with van der Waals surface area (Å²) in [4.78, 5) is 20.9. The number of hydrogen-bond donors (Lipinski definition) is 0. The Morgan fingerprint density at radius 1 is 1.15 bits per heavy atom. The van der Waals surface area contributed by atoms with Gasteiger partial charge in [0.05, 0.1) is 0 Å². The molecule has 0 saturated heterocycles. The quantitative estimate of drug-likeness (QED) is 0.360. The summed E-state index contributed by atoms with van der Waals surface area (Å²) in [6.45, 7) is 0. The third-order valence-electron chi connectivity index (χ3n) is 2.43. The fourth-order valence-electron chi connectivity index (χ4n) is 1.74. The molecule has 0 amide bonds. The van der Waals surface area contributed by atoms with E-state index in [-0.39, 0.29) is 36.0 Å². The van der Waals surface area contributed by atoms with Crippen molar-refractivity contribution in [3.8, 4) is 0 Å². The van der Waals surface area contributed by atoms with E-state index in [9.17, 15) is 14.7 Å². The van der Waals surface area contributed by atoms with Crippen LogP contribution < -0.4 is 34.7 Å². The zero-order valence-corrected chi connectivity index (χ0v) is 10.0. The summed E-state index contributed by atoms with van der Waals surface area (Å²) in [6, 6.07) is 0. The largest absolute Gasteiger partial charge is 1.00 e. The van der Waals surface area contributed by atoms with Crippen molar-refractivity contribution in [2.75, 3.05) is 0 Å². The second-order valence-electron chi connectivity index (χ2n) is 3.42. The topological polar surface area (TPSA) is 57.2 Å². The van der Waals surface area contributed by atoms with Crippen LogP contribution in [0, 0.1) is 5.92 Å². The summed E-state index contributed by atoms with van der Waals surface area (Å²) in [5.41, 5.74) is 0. The fraction of sp³-hybridized carbons (Fsp3) is 0.778. The van der Waals surface area contributed by atoms with Crippen LogP contribution >= 0.6 is 0 Å². The molecular weight excluding hydrogens is 179 g/mol. The molecule has 4 heteroatoms. The van der Waals surface area contributed by atoms with Gasteiger partial charge in [-0.2, -0.15) is 0 Å². The molecule has 3 nitrogen and oxygen atoms in total. The molecule has 0 aliphatic heterocycles. The maximum absolute atomic E-state index is 10.7. The minimum absolute atomic E-state index is 0. The standard InChI is InChI=1S/C9H14O3.Na/c10-8(9(11)12)6-7-4-2-1-3-5-7;/h7H,1-6H2,(H,11,12);/q;+1/p-1. The zero-order valence-electron chi connectivity index (χ0n) is 8.04. The van der Waals surface area contributed by atoms with E-state index in [2.05, 4.69) is 0 Å². The van der Waals surface area contributed by atoms with Gasteiger partial charge in [0.2, 0.25) is 0 Å². The van der Waals surface area contributed by atoms with Crippen molar-refractivity contribution in [3.63, 3.8) is 0 Å². The SMILES string of the molecule is O=C([O-])C(=O)CC1CCCCC1.[Na+]. The Labute approximate surface area is 100 Å².